The number of H-pyrrole nitrogens is 1. The fourth-order valence-corrected chi connectivity index (χ4v) is 3.05. The molecule has 1 heterocycles. The Morgan fingerprint density at radius 2 is 2.31 bits per heavy atom. The average Bonchev–Trinajstić information content (AvgIpc) is 2.70. The third-order valence-electron chi connectivity index (χ3n) is 3.28. The van der Waals surface area contributed by atoms with Gasteiger partial charge in [-0.3, -0.25) is 0 Å². The minimum Gasteiger partial charge on any atom is -0.392 e. The molecule has 1 aromatic rings. The van der Waals surface area contributed by atoms with Gasteiger partial charge in [0.05, 0.1) is 18.6 Å². The van der Waals surface area contributed by atoms with Crippen molar-refractivity contribution in [1.29, 1.82) is 0 Å². The summed E-state index contributed by atoms with van der Waals surface area (Å²) in [5, 5.41) is 9.56. The number of aliphatic hydroxyl groups is 1. The monoisotopic (exact) mass is 245 g/mol. The van der Waals surface area contributed by atoms with E-state index in [1.54, 1.807) is 0 Å². The molecule has 0 amide bonds. The van der Waals surface area contributed by atoms with Crippen molar-refractivity contribution in [3.05, 3.63) is 12.5 Å². The Kier molecular flexibility index (Phi) is 2.56. The first-order valence-corrected chi connectivity index (χ1v) is 6.51. The van der Waals surface area contributed by atoms with E-state index in [9.17, 15) is 13.5 Å². The number of rotatable bonds is 3. The molecule has 1 aliphatic rings. The summed E-state index contributed by atoms with van der Waals surface area (Å²) in [4.78, 5) is 6.21. The molecule has 6 nitrogen and oxygen atoms in total. The van der Waals surface area contributed by atoms with E-state index in [0.29, 0.717) is 6.42 Å². The highest BCUT2D eigenvalue weighted by Gasteiger charge is 2.49. The SMILES string of the molecule is CC1(C)C(O)CC1NS(=O)(=O)c1cnc[nH]1. The maximum atomic E-state index is 11.8. The highest BCUT2D eigenvalue weighted by Crippen LogP contribution is 2.40. The van der Waals surface area contributed by atoms with Gasteiger partial charge in [-0.25, -0.2) is 18.1 Å². The van der Waals surface area contributed by atoms with Crippen LogP contribution in [-0.4, -0.2) is 35.6 Å². The Labute approximate surface area is 94.1 Å². The summed E-state index contributed by atoms with van der Waals surface area (Å²) < 4.78 is 26.2. The molecule has 16 heavy (non-hydrogen) atoms. The van der Waals surface area contributed by atoms with Crippen LogP contribution in [0.1, 0.15) is 20.3 Å². The van der Waals surface area contributed by atoms with Crippen molar-refractivity contribution >= 4 is 10.0 Å². The molecule has 3 N–H and O–H groups in total. The van der Waals surface area contributed by atoms with Gasteiger partial charge >= 0.3 is 0 Å². The molecule has 1 aromatic heterocycles. The molecule has 7 heteroatoms. The Bertz CT molecular complexity index is 466. The second-order valence-electron chi connectivity index (χ2n) is 4.66. The van der Waals surface area contributed by atoms with E-state index < -0.39 is 21.5 Å². The lowest BCUT2D eigenvalue weighted by Crippen LogP contribution is -2.61. The Morgan fingerprint density at radius 3 is 2.75 bits per heavy atom. The molecular weight excluding hydrogens is 230 g/mol. The quantitative estimate of drug-likeness (QED) is 0.690. The molecule has 90 valence electrons. The number of nitrogens with zero attached hydrogens (tertiary/aromatic N) is 1. The number of sulfonamides is 1. The molecule has 0 radical (unpaired) electrons. The van der Waals surface area contributed by atoms with Gasteiger partial charge in [-0.15, -0.1) is 0 Å². The van der Waals surface area contributed by atoms with E-state index >= 15 is 0 Å². The maximum Gasteiger partial charge on any atom is 0.257 e. The van der Waals surface area contributed by atoms with Crippen molar-refractivity contribution < 1.29 is 13.5 Å². The third kappa shape index (κ3) is 1.74. The van der Waals surface area contributed by atoms with Crippen LogP contribution in [0, 0.1) is 5.41 Å². The van der Waals surface area contributed by atoms with E-state index in [2.05, 4.69) is 14.7 Å². The number of hydrogen-bond acceptors (Lipinski definition) is 4. The van der Waals surface area contributed by atoms with Gasteiger partial charge in [-0.05, 0) is 6.42 Å². The molecule has 1 saturated carbocycles. The standard InChI is InChI=1S/C9H15N3O3S/c1-9(2)6(3-7(9)13)12-16(14,15)8-4-10-5-11-8/h4-7,12-13H,3H2,1-2H3,(H,10,11). The van der Waals surface area contributed by atoms with Gasteiger partial charge < -0.3 is 10.1 Å². The summed E-state index contributed by atoms with van der Waals surface area (Å²) in [5.74, 6) is 0. The predicted octanol–water partition coefficient (Wildman–Crippen LogP) is -0.153. The number of aromatic nitrogens is 2. The van der Waals surface area contributed by atoms with Crippen LogP contribution < -0.4 is 4.72 Å². The minimum atomic E-state index is -3.55. The van der Waals surface area contributed by atoms with Crippen LogP contribution in [0.25, 0.3) is 0 Å². The normalized spacial score (nSPS) is 28.7. The lowest BCUT2D eigenvalue weighted by atomic mass is 9.65. The van der Waals surface area contributed by atoms with Crippen molar-refractivity contribution in [1.82, 2.24) is 14.7 Å². The molecule has 0 saturated heterocycles. The van der Waals surface area contributed by atoms with Gasteiger partial charge in [0.25, 0.3) is 10.0 Å². The smallest absolute Gasteiger partial charge is 0.257 e. The summed E-state index contributed by atoms with van der Waals surface area (Å²) in [6, 6.07) is -0.240. The van der Waals surface area contributed by atoms with E-state index in [1.165, 1.54) is 12.5 Å². The van der Waals surface area contributed by atoms with Crippen LogP contribution in [-0.2, 0) is 10.0 Å². The topological polar surface area (TPSA) is 95.1 Å². The second-order valence-corrected chi connectivity index (χ2v) is 6.35. The molecule has 0 spiro atoms. The highest BCUT2D eigenvalue weighted by atomic mass is 32.2. The van der Waals surface area contributed by atoms with Crippen molar-refractivity contribution in [3.63, 3.8) is 0 Å². The zero-order chi connectivity index (χ0) is 12.0. The van der Waals surface area contributed by atoms with Gasteiger partial charge in [-0.2, -0.15) is 0 Å². The molecule has 1 aliphatic carbocycles. The molecular formula is C9H15N3O3S. The summed E-state index contributed by atoms with van der Waals surface area (Å²) in [5.41, 5.74) is -0.424. The molecule has 1 fully saturated rings. The molecule has 0 aliphatic heterocycles. The zero-order valence-electron chi connectivity index (χ0n) is 9.14. The van der Waals surface area contributed by atoms with Crippen molar-refractivity contribution in [2.45, 2.75) is 37.4 Å². The summed E-state index contributed by atoms with van der Waals surface area (Å²) in [7, 11) is -3.55. The van der Waals surface area contributed by atoms with E-state index in [0.717, 1.165) is 0 Å². The van der Waals surface area contributed by atoms with Gasteiger partial charge in [-0.1, -0.05) is 13.8 Å². The fraction of sp³-hybridized carbons (Fsp3) is 0.667. The van der Waals surface area contributed by atoms with Crippen molar-refractivity contribution in [2.24, 2.45) is 5.41 Å². The first kappa shape index (κ1) is 11.6. The lowest BCUT2D eigenvalue weighted by molar-refractivity contribution is -0.0645. The number of aromatic amines is 1. The fourth-order valence-electron chi connectivity index (χ4n) is 1.74. The minimum absolute atomic E-state index is 0.0460. The van der Waals surface area contributed by atoms with Crippen LogP contribution >= 0.6 is 0 Å². The average molecular weight is 245 g/mol. The van der Waals surface area contributed by atoms with Crippen molar-refractivity contribution in [3.8, 4) is 0 Å². The van der Waals surface area contributed by atoms with E-state index in [1.807, 2.05) is 13.8 Å². The van der Waals surface area contributed by atoms with Crippen LogP contribution in [0.2, 0.25) is 0 Å². The second kappa shape index (κ2) is 3.54. The van der Waals surface area contributed by atoms with Gasteiger partial charge in [0.2, 0.25) is 0 Å². The number of imidazole rings is 1. The summed E-state index contributed by atoms with van der Waals surface area (Å²) in [6.45, 7) is 3.67. The van der Waals surface area contributed by atoms with Gasteiger partial charge in [0.1, 0.15) is 0 Å². The molecule has 2 atom stereocenters. The first-order valence-electron chi connectivity index (χ1n) is 5.03. The Balaban J connectivity index is 2.12. The van der Waals surface area contributed by atoms with E-state index in [-0.39, 0.29) is 11.1 Å². The molecule has 2 unspecified atom stereocenters. The Hall–Kier alpha value is -0.920. The highest BCUT2D eigenvalue weighted by molar-refractivity contribution is 7.89. The molecule has 0 aromatic carbocycles. The number of hydrogen-bond donors (Lipinski definition) is 3. The van der Waals surface area contributed by atoms with Crippen LogP contribution in [0.15, 0.2) is 17.6 Å². The van der Waals surface area contributed by atoms with Crippen LogP contribution in [0.5, 0.6) is 0 Å². The molecule has 2 rings (SSSR count). The summed E-state index contributed by atoms with van der Waals surface area (Å²) >= 11 is 0. The van der Waals surface area contributed by atoms with Crippen LogP contribution in [0.3, 0.4) is 0 Å². The summed E-state index contributed by atoms with van der Waals surface area (Å²) in [6.07, 6.45) is 2.56. The third-order valence-corrected chi connectivity index (χ3v) is 4.67. The first-order chi connectivity index (χ1) is 7.34. The van der Waals surface area contributed by atoms with Gasteiger partial charge in [0.15, 0.2) is 5.03 Å². The van der Waals surface area contributed by atoms with Crippen molar-refractivity contribution in [2.75, 3.05) is 0 Å². The van der Waals surface area contributed by atoms with Gasteiger partial charge in [0, 0.05) is 11.5 Å². The molecule has 0 bridgehead atoms. The number of nitrogens with one attached hydrogen (secondary N) is 2. The predicted molar refractivity (Wildman–Crippen MR) is 57.1 cm³/mol. The zero-order valence-corrected chi connectivity index (χ0v) is 9.95. The van der Waals surface area contributed by atoms with E-state index in [4.69, 9.17) is 0 Å². The Morgan fingerprint density at radius 1 is 1.62 bits per heavy atom. The maximum absolute atomic E-state index is 11.8. The lowest BCUT2D eigenvalue weighted by Gasteiger charge is -2.49. The largest absolute Gasteiger partial charge is 0.392 e. The number of aliphatic hydroxyl groups excluding tert-OH is 1. The van der Waals surface area contributed by atoms with Crippen LogP contribution in [0.4, 0.5) is 0 Å².